The van der Waals surface area contributed by atoms with Gasteiger partial charge in [-0.25, -0.2) is 4.79 Å². The number of ether oxygens (including phenoxy) is 1. The van der Waals surface area contributed by atoms with Gasteiger partial charge in [0, 0.05) is 31.6 Å². The fourth-order valence-corrected chi connectivity index (χ4v) is 2.65. The molecule has 1 fully saturated rings. The second kappa shape index (κ2) is 7.18. The summed E-state index contributed by atoms with van der Waals surface area (Å²) in [5.74, 6) is -0.937. The molecule has 0 aliphatic carbocycles. The lowest BCUT2D eigenvalue weighted by Gasteiger charge is -2.35. The lowest BCUT2D eigenvalue weighted by atomic mass is 9.87. The van der Waals surface area contributed by atoms with Crippen LogP contribution < -0.4 is 0 Å². The molecule has 1 aromatic rings. The van der Waals surface area contributed by atoms with Crippen LogP contribution in [0.2, 0.25) is 0 Å². The lowest BCUT2D eigenvalue weighted by molar-refractivity contribution is -0.384. The summed E-state index contributed by atoms with van der Waals surface area (Å²) in [6, 6.07) is 5.39. The molecule has 0 aromatic heterocycles. The lowest BCUT2D eigenvalue weighted by Crippen LogP contribution is -2.47. The number of nitro benzene ring substituents is 1. The number of benzene rings is 1. The highest BCUT2D eigenvalue weighted by Crippen LogP contribution is 2.29. The molecule has 2 atom stereocenters. The average Bonchev–Trinajstić information content (AvgIpc) is 2.53. The first-order chi connectivity index (χ1) is 11.6. The number of hydrogen-bond acceptors (Lipinski definition) is 6. The fraction of sp³-hybridized carbons (Fsp3) is 0.529. The Bertz CT molecular complexity index is 665. The maximum Gasteiger partial charge on any atom is 0.410 e. The normalized spacial score (nSPS) is 19.4. The predicted octanol–water partition coefficient (Wildman–Crippen LogP) is 2.45. The van der Waals surface area contributed by atoms with E-state index in [1.54, 1.807) is 20.8 Å². The second-order valence-corrected chi connectivity index (χ2v) is 7.04. The van der Waals surface area contributed by atoms with E-state index in [9.17, 15) is 24.8 Å². The van der Waals surface area contributed by atoms with Crippen molar-refractivity contribution < 1.29 is 24.4 Å². The third-order valence-electron chi connectivity index (χ3n) is 3.94. The van der Waals surface area contributed by atoms with Crippen molar-refractivity contribution in [3.63, 3.8) is 0 Å². The van der Waals surface area contributed by atoms with Gasteiger partial charge < -0.3 is 14.7 Å². The second-order valence-electron chi connectivity index (χ2n) is 7.04. The molecule has 0 radical (unpaired) electrons. The summed E-state index contributed by atoms with van der Waals surface area (Å²) in [6.45, 7) is 5.55. The molecule has 1 heterocycles. The van der Waals surface area contributed by atoms with Crippen molar-refractivity contribution in [2.24, 2.45) is 5.92 Å². The zero-order chi connectivity index (χ0) is 18.8. The molecule has 1 amide bonds. The molecule has 0 bridgehead atoms. The van der Waals surface area contributed by atoms with Gasteiger partial charge in [0.25, 0.3) is 5.69 Å². The number of rotatable bonds is 3. The molecule has 1 aromatic carbocycles. The van der Waals surface area contributed by atoms with Crippen molar-refractivity contribution in [2.75, 3.05) is 13.1 Å². The molecule has 1 aliphatic heterocycles. The largest absolute Gasteiger partial charge is 0.444 e. The summed E-state index contributed by atoms with van der Waals surface area (Å²) >= 11 is 0. The Hall–Kier alpha value is -2.48. The molecule has 1 saturated heterocycles. The summed E-state index contributed by atoms with van der Waals surface area (Å²) in [5.41, 5.74) is -0.346. The van der Waals surface area contributed by atoms with Crippen LogP contribution in [0, 0.1) is 16.0 Å². The first-order valence-electron chi connectivity index (χ1n) is 8.01. The summed E-state index contributed by atoms with van der Waals surface area (Å²) in [6.07, 6.45) is -1.53. The van der Waals surface area contributed by atoms with E-state index in [-0.39, 0.29) is 31.0 Å². The maximum absolute atomic E-state index is 12.2. The third-order valence-corrected chi connectivity index (χ3v) is 3.94. The van der Waals surface area contributed by atoms with Gasteiger partial charge in [0.1, 0.15) is 11.4 Å². The minimum atomic E-state index is -1.14. The van der Waals surface area contributed by atoms with Gasteiger partial charge in [-0.15, -0.1) is 0 Å². The van der Waals surface area contributed by atoms with Crippen LogP contribution in [0.15, 0.2) is 24.3 Å². The molecular formula is C17H22N2O6. The standard InChI is InChI=1S/C17H22N2O6/c1-17(2,3)25-16(22)18-9-8-14(20)13(10-18)15(21)11-4-6-12(7-5-11)19(23)24/h4-7,13,15,21H,8-10H2,1-3H3/t13-,15+/m1/s1. The Balaban J connectivity index is 2.11. The number of likely N-dealkylation sites (tertiary alicyclic amines) is 1. The SMILES string of the molecule is CC(C)(C)OC(=O)N1CCC(=O)[C@H]([C@@H](O)c2ccc([N+](=O)[O-])cc2)C1. The van der Waals surface area contributed by atoms with Crippen LogP contribution in [-0.4, -0.2) is 45.5 Å². The highest BCUT2D eigenvalue weighted by Gasteiger charge is 2.36. The quantitative estimate of drug-likeness (QED) is 0.662. The van der Waals surface area contributed by atoms with Crippen LogP contribution in [0.1, 0.15) is 38.9 Å². The number of hydrogen-bond donors (Lipinski definition) is 1. The molecule has 8 heteroatoms. The molecule has 136 valence electrons. The van der Waals surface area contributed by atoms with Crippen LogP contribution in [0.5, 0.6) is 0 Å². The minimum Gasteiger partial charge on any atom is -0.444 e. The van der Waals surface area contributed by atoms with Gasteiger partial charge in [-0.1, -0.05) is 0 Å². The predicted molar refractivity (Wildman–Crippen MR) is 89.0 cm³/mol. The number of ketones is 1. The van der Waals surface area contributed by atoms with Crippen LogP contribution in [0.4, 0.5) is 10.5 Å². The van der Waals surface area contributed by atoms with Crippen LogP contribution in [0.25, 0.3) is 0 Å². The highest BCUT2D eigenvalue weighted by atomic mass is 16.6. The van der Waals surface area contributed by atoms with E-state index in [1.807, 2.05) is 0 Å². The number of Topliss-reactive ketones (excluding diaryl/α,β-unsaturated/α-hetero) is 1. The summed E-state index contributed by atoms with van der Waals surface area (Å²) in [7, 11) is 0. The van der Waals surface area contributed by atoms with Crippen LogP contribution >= 0.6 is 0 Å². The van der Waals surface area contributed by atoms with Gasteiger partial charge in [0.2, 0.25) is 0 Å². The van der Waals surface area contributed by atoms with E-state index in [4.69, 9.17) is 4.74 Å². The van der Waals surface area contributed by atoms with Crippen molar-refractivity contribution in [1.82, 2.24) is 4.90 Å². The number of non-ortho nitro benzene ring substituents is 1. The molecular weight excluding hydrogens is 328 g/mol. The van der Waals surface area contributed by atoms with E-state index >= 15 is 0 Å². The van der Waals surface area contributed by atoms with E-state index in [1.165, 1.54) is 29.2 Å². The third kappa shape index (κ3) is 4.76. The number of piperidine rings is 1. The van der Waals surface area contributed by atoms with Crippen molar-refractivity contribution in [2.45, 2.75) is 38.9 Å². The Morgan fingerprint density at radius 1 is 1.36 bits per heavy atom. The fourth-order valence-electron chi connectivity index (χ4n) is 2.65. The zero-order valence-electron chi connectivity index (χ0n) is 14.5. The highest BCUT2D eigenvalue weighted by molar-refractivity contribution is 5.84. The molecule has 2 rings (SSSR count). The molecule has 1 N–H and O–H groups in total. The minimum absolute atomic E-state index is 0.0475. The molecule has 1 aliphatic rings. The Labute approximate surface area is 145 Å². The van der Waals surface area contributed by atoms with Gasteiger partial charge in [0.05, 0.1) is 16.9 Å². The molecule has 0 spiro atoms. The van der Waals surface area contributed by atoms with Crippen molar-refractivity contribution in [1.29, 1.82) is 0 Å². The average molecular weight is 350 g/mol. The first kappa shape index (κ1) is 18.9. The molecule has 25 heavy (non-hydrogen) atoms. The van der Waals surface area contributed by atoms with Crippen molar-refractivity contribution >= 4 is 17.6 Å². The van der Waals surface area contributed by atoms with Gasteiger partial charge in [-0.2, -0.15) is 0 Å². The number of amides is 1. The number of carbonyl (C=O) groups is 2. The monoisotopic (exact) mass is 350 g/mol. The van der Waals surface area contributed by atoms with E-state index < -0.39 is 28.6 Å². The summed E-state index contributed by atoms with van der Waals surface area (Å²) in [5, 5.41) is 21.2. The topological polar surface area (TPSA) is 110 Å². The van der Waals surface area contributed by atoms with Crippen molar-refractivity contribution in [3.8, 4) is 0 Å². The van der Waals surface area contributed by atoms with E-state index in [0.29, 0.717) is 5.56 Å². The van der Waals surface area contributed by atoms with E-state index in [0.717, 1.165) is 0 Å². The number of aliphatic hydroxyl groups is 1. The summed E-state index contributed by atoms with van der Waals surface area (Å²) < 4.78 is 5.31. The van der Waals surface area contributed by atoms with Gasteiger partial charge in [-0.3, -0.25) is 14.9 Å². The van der Waals surface area contributed by atoms with Gasteiger partial charge in [-0.05, 0) is 38.5 Å². The molecule has 8 nitrogen and oxygen atoms in total. The number of aliphatic hydroxyl groups excluding tert-OH is 1. The number of nitro groups is 1. The van der Waals surface area contributed by atoms with E-state index in [2.05, 4.69) is 0 Å². The Kier molecular flexibility index (Phi) is 5.42. The molecule has 0 saturated carbocycles. The van der Waals surface area contributed by atoms with Crippen LogP contribution in [0.3, 0.4) is 0 Å². The van der Waals surface area contributed by atoms with Crippen molar-refractivity contribution in [3.05, 3.63) is 39.9 Å². The van der Waals surface area contributed by atoms with Gasteiger partial charge in [0.15, 0.2) is 0 Å². The smallest absolute Gasteiger partial charge is 0.410 e. The Morgan fingerprint density at radius 3 is 2.48 bits per heavy atom. The van der Waals surface area contributed by atoms with Crippen LogP contribution in [-0.2, 0) is 9.53 Å². The summed E-state index contributed by atoms with van der Waals surface area (Å²) in [4.78, 5) is 35.9. The molecule has 0 unspecified atom stereocenters. The number of carbonyl (C=O) groups excluding carboxylic acids is 2. The number of nitrogens with zero attached hydrogens (tertiary/aromatic N) is 2. The first-order valence-corrected chi connectivity index (χ1v) is 8.01. The zero-order valence-corrected chi connectivity index (χ0v) is 14.5. The maximum atomic E-state index is 12.2. The van der Waals surface area contributed by atoms with Gasteiger partial charge >= 0.3 is 6.09 Å². The Morgan fingerprint density at radius 2 is 1.96 bits per heavy atom.